The Labute approximate surface area is 192 Å². The average molecular weight is 449 g/mol. The Morgan fingerprint density at radius 2 is 1.79 bits per heavy atom. The first-order valence-electron chi connectivity index (χ1n) is 11.8. The van der Waals surface area contributed by atoms with Crippen LogP contribution in [0.25, 0.3) is 10.9 Å². The zero-order valence-corrected chi connectivity index (χ0v) is 18.7. The van der Waals surface area contributed by atoms with Crippen molar-refractivity contribution in [3.8, 4) is 0 Å². The van der Waals surface area contributed by atoms with E-state index < -0.39 is 0 Å². The van der Waals surface area contributed by atoms with Crippen LogP contribution < -0.4 is 10.9 Å². The molecule has 6 nitrogen and oxygen atoms in total. The van der Waals surface area contributed by atoms with Crippen molar-refractivity contribution in [2.45, 2.75) is 32.2 Å². The summed E-state index contributed by atoms with van der Waals surface area (Å²) in [5, 5.41) is 4.10. The second kappa shape index (κ2) is 9.43. The predicted molar refractivity (Wildman–Crippen MR) is 127 cm³/mol. The highest BCUT2D eigenvalue weighted by Crippen LogP contribution is 2.29. The van der Waals surface area contributed by atoms with Gasteiger partial charge in [-0.3, -0.25) is 14.2 Å². The number of hydrogen-bond acceptors (Lipinski definition) is 5. The van der Waals surface area contributed by atoms with Gasteiger partial charge in [0, 0.05) is 36.8 Å². The summed E-state index contributed by atoms with van der Waals surface area (Å²) in [6.45, 7) is 3.82. The molecule has 0 radical (unpaired) electrons. The molecule has 3 aromatic rings. The van der Waals surface area contributed by atoms with Crippen molar-refractivity contribution in [1.82, 2.24) is 14.5 Å². The Hall–Kier alpha value is -3.06. The molecule has 0 unspecified atom stereocenters. The Kier molecular flexibility index (Phi) is 6.22. The molecule has 7 heteroatoms. The van der Waals surface area contributed by atoms with Crippen LogP contribution in [0, 0.1) is 17.7 Å². The maximum atomic E-state index is 13.2. The van der Waals surface area contributed by atoms with Gasteiger partial charge in [-0.25, -0.2) is 9.37 Å². The highest BCUT2D eigenvalue weighted by molar-refractivity contribution is 5.97. The lowest BCUT2D eigenvalue weighted by Crippen LogP contribution is -2.39. The standard InChI is InChI=1S/C26H29FN4O2/c27-21-8-6-19(7-9-21)25(32)20-10-12-30(13-11-20)14-15-31-17-29-23-3-1-2-22(24(23)26(31)33)28-16-18-4-5-18/h1-3,6-9,17-18,20,28H,4-5,10-16H2. The molecule has 2 heterocycles. The fourth-order valence-electron chi connectivity index (χ4n) is 4.60. The number of anilines is 1. The minimum atomic E-state index is -0.328. The summed E-state index contributed by atoms with van der Waals surface area (Å²) in [5.41, 5.74) is 2.15. The van der Waals surface area contributed by atoms with Gasteiger partial charge in [-0.1, -0.05) is 6.07 Å². The normalized spacial score (nSPS) is 17.4. The number of fused-ring (bicyclic) bond motifs is 1. The average Bonchev–Trinajstić information content (AvgIpc) is 3.67. The van der Waals surface area contributed by atoms with Crippen LogP contribution in [0.1, 0.15) is 36.0 Å². The van der Waals surface area contributed by atoms with Crippen LogP contribution in [0.3, 0.4) is 0 Å². The molecule has 172 valence electrons. The number of carbonyl (C=O) groups is 1. The molecule has 0 bridgehead atoms. The summed E-state index contributed by atoms with van der Waals surface area (Å²) in [6.07, 6.45) is 5.70. The highest BCUT2D eigenvalue weighted by atomic mass is 19.1. The zero-order chi connectivity index (χ0) is 22.8. The van der Waals surface area contributed by atoms with Gasteiger partial charge in [-0.15, -0.1) is 0 Å². The number of Topliss-reactive ketones (excluding diaryl/α,β-unsaturated/α-hetero) is 1. The van der Waals surface area contributed by atoms with Crippen molar-refractivity contribution in [2.24, 2.45) is 11.8 Å². The number of likely N-dealkylation sites (tertiary alicyclic amines) is 1. The summed E-state index contributed by atoms with van der Waals surface area (Å²) in [4.78, 5) is 32.7. The SMILES string of the molecule is O=C(c1ccc(F)cc1)C1CCN(CCn2cnc3cccc(NCC4CC4)c3c2=O)CC1. The molecule has 0 spiro atoms. The lowest BCUT2D eigenvalue weighted by molar-refractivity contribution is 0.0837. The highest BCUT2D eigenvalue weighted by Gasteiger charge is 2.26. The summed E-state index contributed by atoms with van der Waals surface area (Å²) in [5.74, 6) is 0.454. The van der Waals surface area contributed by atoms with Crippen molar-refractivity contribution in [3.63, 3.8) is 0 Å². The van der Waals surface area contributed by atoms with Crippen LogP contribution in [0.4, 0.5) is 10.1 Å². The number of piperidine rings is 1. The van der Waals surface area contributed by atoms with Crippen LogP contribution in [-0.2, 0) is 6.54 Å². The lowest BCUT2D eigenvalue weighted by Gasteiger charge is -2.31. The third kappa shape index (κ3) is 4.98. The number of carbonyl (C=O) groups excluding carboxylic acids is 1. The molecular weight excluding hydrogens is 419 g/mol. The first-order chi connectivity index (χ1) is 16.1. The number of rotatable bonds is 8. The van der Waals surface area contributed by atoms with E-state index in [1.165, 1.54) is 25.0 Å². The van der Waals surface area contributed by atoms with Gasteiger partial charge in [-0.05, 0) is 81.1 Å². The predicted octanol–water partition coefficient (Wildman–Crippen LogP) is 3.95. The number of benzene rings is 2. The van der Waals surface area contributed by atoms with Crippen molar-refractivity contribution >= 4 is 22.4 Å². The van der Waals surface area contributed by atoms with E-state index in [0.29, 0.717) is 17.5 Å². The van der Waals surface area contributed by atoms with Crippen molar-refractivity contribution < 1.29 is 9.18 Å². The van der Waals surface area contributed by atoms with Crippen LogP contribution in [0.2, 0.25) is 0 Å². The third-order valence-corrected chi connectivity index (χ3v) is 6.88. The number of nitrogens with one attached hydrogen (secondary N) is 1. The van der Waals surface area contributed by atoms with Crippen LogP contribution in [-0.4, -0.2) is 46.4 Å². The molecule has 1 saturated carbocycles. The minimum Gasteiger partial charge on any atom is -0.384 e. The Balaban J connectivity index is 1.20. The van der Waals surface area contributed by atoms with E-state index in [4.69, 9.17) is 0 Å². The monoisotopic (exact) mass is 448 g/mol. The van der Waals surface area contributed by atoms with Gasteiger partial charge in [0.25, 0.3) is 5.56 Å². The number of hydrogen-bond donors (Lipinski definition) is 1. The van der Waals surface area contributed by atoms with Crippen LogP contribution >= 0.6 is 0 Å². The second-order valence-corrected chi connectivity index (χ2v) is 9.25. The lowest BCUT2D eigenvalue weighted by atomic mass is 9.89. The molecule has 1 aliphatic heterocycles. The first-order valence-corrected chi connectivity index (χ1v) is 11.8. The number of ketones is 1. The van der Waals surface area contributed by atoms with Gasteiger partial charge in [0.15, 0.2) is 5.78 Å². The maximum absolute atomic E-state index is 13.2. The summed E-state index contributed by atoms with van der Waals surface area (Å²) >= 11 is 0. The van der Waals surface area contributed by atoms with Gasteiger partial charge in [0.2, 0.25) is 0 Å². The molecule has 2 aliphatic rings. The molecule has 2 fully saturated rings. The van der Waals surface area contributed by atoms with Gasteiger partial charge >= 0.3 is 0 Å². The Morgan fingerprint density at radius 3 is 2.52 bits per heavy atom. The second-order valence-electron chi connectivity index (χ2n) is 9.25. The maximum Gasteiger partial charge on any atom is 0.263 e. The summed E-state index contributed by atoms with van der Waals surface area (Å²) in [7, 11) is 0. The molecule has 0 atom stereocenters. The van der Waals surface area contributed by atoms with E-state index in [-0.39, 0.29) is 23.1 Å². The topological polar surface area (TPSA) is 67.2 Å². The fraction of sp³-hybridized carbons (Fsp3) is 0.423. The molecule has 5 rings (SSSR count). The van der Waals surface area contributed by atoms with Crippen LogP contribution in [0.15, 0.2) is 53.6 Å². The molecule has 2 aromatic carbocycles. The van der Waals surface area contributed by atoms with Crippen LogP contribution in [0.5, 0.6) is 0 Å². The molecule has 1 saturated heterocycles. The van der Waals surface area contributed by atoms with Gasteiger partial charge in [0.05, 0.1) is 17.2 Å². The summed E-state index contributed by atoms with van der Waals surface area (Å²) < 4.78 is 14.8. The van der Waals surface area contributed by atoms with E-state index in [9.17, 15) is 14.0 Å². The van der Waals surface area contributed by atoms with Gasteiger partial charge in [0.1, 0.15) is 5.82 Å². The largest absolute Gasteiger partial charge is 0.384 e. The molecule has 33 heavy (non-hydrogen) atoms. The van der Waals surface area contributed by atoms with E-state index in [1.807, 2.05) is 18.2 Å². The fourth-order valence-corrected chi connectivity index (χ4v) is 4.60. The van der Waals surface area contributed by atoms with E-state index in [1.54, 1.807) is 23.0 Å². The molecular formula is C26H29FN4O2. The number of aromatic nitrogens is 2. The molecule has 0 amide bonds. The van der Waals surface area contributed by atoms with E-state index >= 15 is 0 Å². The van der Waals surface area contributed by atoms with E-state index in [2.05, 4.69) is 15.2 Å². The number of nitrogens with zero attached hydrogens (tertiary/aromatic N) is 3. The Bertz CT molecular complexity index is 1200. The smallest absolute Gasteiger partial charge is 0.263 e. The Morgan fingerprint density at radius 1 is 1.03 bits per heavy atom. The molecule has 1 N–H and O–H groups in total. The van der Waals surface area contributed by atoms with Gasteiger partial charge < -0.3 is 10.2 Å². The molecule has 1 aromatic heterocycles. The number of halogens is 1. The minimum absolute atomic E-state index is 0.0136. The third-order valence-electron chi connectivity index (χ3n) is 6.88. The van der Waals surface area contributed by atoms with E-state index in [0.717, 1.165) is 56.1 Å². The van der Waals surface area contributed by atoms with Crippen molar-refractivity contribution in [3.05, 3.63) is 70.5 Å². The van der Waals surface area contributed by atoms with Crippen molar-refractivity contribution in [1.29, 1.82) is 0 Å². The zero-order valence-electron chi connectivity index (χ0n) is 18.7. The van der Waals surface area contributed by atoms with Gasteiger partial charge in [-0.2, -0.15) is 0 Å². The molecule has 1 aliphatic carbocycles. The quantitative estimate of drug-likeness (QED) is 0.529. The first kappa shape index (κ1) is 21.8. The summed E-state index contributed by atoms with van der Waals surface area (Å²) in [6, 6.07) is 11.6. The van der Waals surface area contributed by atoms with Crippen molar-refractivity contribution in [2.75, 3.05) is 31.5 Å².